The quantitative estimate of drug-likeness (QED) is 0.864. The van der Waals surface area contributed by atoms with Crippen molar-refractivity contribution in [1.82, 2.24) is 14.7 Å². The summed E-state index contributed by atoms with van der Waals surface area (Å²) in [7, 11) is 3.68. The third-order valence-electron chi connectivity index (χ3n) is 6.81. The van der Waals surface area contributed by atoms with Gasteiger partial charge in [-0.3, -0.25) is 9.80 Å². The summed E-state index contributed by atoms with van der Waals surface area (Å²) >= 11 is 0. The van der Waals surface area contributed by atoms with E-state index in [-0.39, 0.29) is 11.9 Å². The van der Waals surface area contributed by atoms with E-state index >= 15 is 0 Å². The van der Waals surface area contributed by atoms with E-state index in [1.165, 1.54) is 13.2 Å². The van der Waals surface area contributed by atoms with Crippen molar-refractivity contribution >= 4 is 0 Å². The van der Waals surface area contributed by atoms with Crippen LogP contribution >= 0.6 is 0 Å². The second-order valence-electron chi connectivity index (χ2n) is 8.63. The highest BCUT2D eigenvalue weighted by Gasteiger charge is 2.43. The molecule has 2 saturated heterocycles. The van der Waals surface area contributed by atoms with Crippen molar-refractivity contribution in [3.8, 4) is 5.75 Å². The number of fused-ring (bicyclic) bond motifs is 1. The summed E-state index contributed by atoms with van der Waals surface area (Å²) in [5.41, 5.74) is 1.09. The third-order valence-corrected chi connectivity index (χ3v) is 6.81. The fourth-order valence-electron chi connectivity index (χ4n) is 5.24. The Kier molecular flexibility index (Phi) is 5.69. The van der Waals surface area contributed by atoms with Gasteiger partial charge in [0.05, 0.1) is 13.2 Å². The minimum Gasteiger partial charge on any atom is -0.494 e. The molecule has 1 aromatic rings. The van der Waals surface area contributed by atoms with Gasteiger partial charge in [-0.15, -0.1) is 0 Å². The van der Waals surface area contributed by atoms with Gasteiger partial charge in [-0.1, -0.05) is 6.07 Å². The monoisotopic (exact) mass is 377 g/mol. The van der Waals surface area contributed by atoms with Crippen LogP contribution in [0.3, 0.4) is 0 Å². The fourth-order valence-corrected chi connectivity index (χ4v) is 5.24. The van der Waals surface area contributed by atoms with E-state index < -0.39 is 0 Å². The van der Waals surface area contributed by atoms with Gasteiger partial charge in [-0.05, 0) is 49.4 Å². The standard InChI is InChI=1S/C21H32FN3O2/c1-23-5-7-25(8-6-23)19-10-16-13-24(14-17(16)11-20(19)26)12-15-3-4-18(22)21(9-15)27-2/h3-4,9,16-17,19-20,26H,5-8,10-14H2,1-2H3/t16-,17+,19-,20-/m1/s1. The normalized spacial score (nSPS) is 33.2. The van der Waals surface area contributed by atoms with Crippen molar-refractivity contribution in [2.75, 3.05) is 53.4 Å². The Morgan fingerprint density at radius 2 is 1.81 bits per heavy atom. The molecule has 1 aliphatic carbocycles. The molecule has 0 spiro atoms. The van der Waals surface area contributed by atoms with E-state index in [4.69, 9.17) is 4.74 Å². The summed E-state index contributed by atoms with van der Waals surface area (Å²) in [4.78, 5) is 7.33. The first kappa shape index (κ1) is 19.1. The van der Waals surface area contributed by atoms with E-state index in [2.05, 4.69) is 21.7 Å². The second kappa shape index (κ2) is 8.03. The summed E-state index contributed by atoms with van der Waals surface area (Å²) in [5.74, 6) is 1.23. The van der Waals surface area contributed by atoms with Gasteiger partial charge in [0.15, 0.2) is 11.6 Å². The predicted molar refractivity (Wildman–Crippen MR) is 103 cm³/mol. The van der Waals surface area contributed by atoms with Crippen LogP contribution in [0.5, 0.6) is 5.75 Å². The van der Waals surface area contributed by atoms with Crippen LogP contribution in [0, 0.1) is 17.7 Å². The molecular formula is C21H32FN3O2. The lowest BCUT2D eigenvalue weighted by molar-refractivity contribution is -0.0249. The van der Waals surface area contributed by atoms with Crippen LogP contribution in [0.2, 0.25) is 0 Å². The lowest BCUT2D eigenvalue weighted by Crippen LogP contribution is -2.55. The Morgan fingerprint density at radius 1 is 1.11 bits per heavy atom. The lowest BCUT2D eigenvalue weighted by Gasteiger charge is -2.44. The molecule has 1 saturated carbocycles. The molecule has 0 unspecified atom stereocenters. The number of aliphatic hydroxyl groups excluding tert-OH is 1. The van der Waals surface area contributed by atoms with Crippen molar-refractivity contribution < 1.29 is 14.2 Å². The van der Waals surface area contributed by atoms with Crippen LogP contribution in [-0.2, 0) is 6.54 Å². The molecule has 27 heavy (non-hydrogen) atoms. The van der Waals surface area contributed by atoms with Crippen molar-refractivity contribution in [2.24, 2.45) is 11.8 Å². The Morgan fingerprint density at radius 3 is 2.52 bits per heavy atom. The first-order valence-electron chi connectivity index (χ1n) is 10.2. The topological polar surface area (TPSA) is 39.2 Å². The minimum absolute atomic E-state index is 0.208. The van der Waals surface area contributed by atoms with Crippen molar-refractivity contribution in [1.29, 1.82) is 0 Å². The maximum atomic E-state index is 13.6. The van der Waals surface area contributed by atoms with E-state index in [0.29, 0.717) is 23.6 Å². The lowest BCUT2D eigenvalue weighted by atomic mass is 9.77. The molecule has 0 aromatic heterocycles. The Hall–Kier alpha value is -1.21. The molecule has 4 rings (SSSR count). The summed E-state index contributed by atoms with van der Waals surface area (Å²) in [5, 5.41) is 10.8. The SMILES string of the molecule is COc1cc(CN2C[C@H]3C[C@@H](N4CCN(C)CC4)[C@H](O)C[C@H]3C2)ccc1F. The number of piperazine rings is 1. The number of hydrogen-bond donors (Lipinski definition) is 1. The molecule has 0 amide bonds. The first-order valence-corrected chi connectivity index (χ1v) is 10.2. The van der Waals surface area contributed by atoms with Crippen molar-refractivity contribution in [3.63, 3.8) is 0 Å². The van der Waals surface area contributed by atoms with Crippen LogP contribution in [0.15, 0.2) is 18.2 Å². The molecule has 6 heteroatoms. The zero-order valence-electron chi connectivity index (χ0n) is 16.5. The fraction of sp³-hybridized carbons (Fsp3) is 0.714. The molecule has 3 aliphatic rings. The number of benzene rings is 1. The first-order chi connectivity index (χ1) is 13.0. The van der Waals surface area contributed by atoms with E-state index in [9.17, 15) is 9.50 Å². The second-order valence-corrected chi connectivity index (χ2v) is 8.63. The number of aliphatic hydroxyl groups is 1. The Labute approximate surface area is 161 Å². The summed E-state index contributed by atoms with van der Waals surface area (Å²) in [6.07, 6.45) is 1.80. The van der Waals surface area contributed by atoms with Gasteiger partial charge >= 0.3 is 0 Å². The van der Waals surface area contributed by atoms with Crippen LogP contribution in [0.25, 0.3) is 0 Å². The molecule has 150 valence electrons. The molecule has 4 atom stereocenters. The number of ether oxygens (including phenoxy) is 1. The van der Waals surface area contributed by atoms with Gasteiger partial charge in [0.2, 0.25) is 0 Å². The maximum absolute atomic E-state index is 13.6. The predicted octanol–water partition coefficient (Wildman–Crippen LogP) is 1.65. The molecule has 0 radical (unpaired) electrons. The third kappa shape index (κ3) is 4.14. The minimum atomic E-state index is -0.311. The van der Waals surface area contributed by atoms with E-state index in [0.717, 1.165) is 64.2 Å². The largest absolute Gasteiger partial charge is 0.494 e. The zero-order chi connectivity index (χ0) is 19.0. The number of nitrogens with zero attached hydrogens (tertiary/aromatic N) is 3. The Bertz CT molecular complexity index is 650. The average Bonchev–Trinajstić information content (AvgIpc) is 3.04. The van der Waals surface area contributed by atoms with Gasteiger partial charge in [0, 0.05) is 51.9 Å². The molecule has 1 N–H and O–H groups in total. The summed E-state index contributed by atoms with van der Waals surface area (Å²) < 4.78 is 18.8. The van der Waals surface area contributed by atoms with Crippen molar-refractivity contribution in [3.05, 3.63) is 29.6 Å². The van der Waals surface area contributed by atoms with E-state index in [1.54, 1.807) is 6.07 Å². The molecular weight excluding hydrogens is 345 g/mol. The molecule has 2 heterocycles. The number of halogens is 1. The van der Waals surface area contributed by atoms with Crippen LogP contribution in [-0.4, -0.2) is 85.4 Å². The number of likely N-dealkylation sites (tertiary alicyclic amines) is 1. The highest BCUT2D eigenvalue weighted by Crippen LogP contribution is 2.39. The molecule has 0 bridgehead atoms. The molecule has 5 nitrogen and oxygen atoms in total. The number of hydrogen-bond acceptors (Lipinski definition) is 5. The maximum Gasteiger partial charge on any atom is 0.165 e. The van der Waals surface area contributed by atoms with Gasteiger partial charge in [-0.25, -0.2) is 4.39 Å². The van der Waals surface area contributed by atoms with Gasteiger partial charge in [0.1, 0.15) is 0 Å². The van der Waals surface area contributed by atoms with Gasteiger partial charge in [-0.2, -0.15) is 0 Å². The van der Waals surface area contributed by atoms with Crippen molar-refractivity contribution in [2.45, 2.75) is 31.5 Å². The summed E-state index contributed by atoms with van der Waals surface area (Å²) in [6.45, 7) is 7.23. The molecule has 2 aliphatic heterocycles. The molecule has 1 aromatic carbocycles. The van der Waals surface area contributed by atoms with Crippen LogP contribution < -0.4 is 4.74 Å². The van der Waals surface area contributed by atoms with Gasteiger partial charge in [0.25, 0.3) is 0 Å². The highest BCUT2D eigenvalue weighted by atomic mass is 19.1. The van der Waals surface area contributed by atoms with Crippen LogP contribution in [0.1, 0.15) is 18.4 Å². The number of rotatable bonds is 4. The Balaban J connectivity index is 1.37. The van der Waals surface area contributed by atoms with Gasteiger partial charge < -0.3 is 14.7 Å². The van der Waals surface area contributed by atoms with E-state index in [1.807, 2.05) is 6.07 Å². The smallest absolute Gasteiger partial charge is 0.165 e. The highest BCUT2D eigenvalue weighted by molar-refractivity contribution is 5.30. The average molecular weight is 378 g/mol. The summed E-state index contributed by atoms with van der Waals surface area (Å²) in [6, 6.07) is 5.46. The number of likely N-dealkylation sites (N-methyl/N-ethyl adjacent to an activating group) is 1. The molecule has 3 fully saturated rings. The van der Waals surface area contributed by atoms with Crippen LogP contribution in [0.4, 0.5) is 4.39 Å². The number of methoxy groups -OCH3 is 1. The zero-order valence-corrected chi connectivity index (χ0v) is 16.5.